The minimum atomic E-state index is -0.583. The first-order valence-electron chi connectivity index (χ1n) is 9.23. The number of methoxy groups -OCH3 is 1. The van der Waals surface area contributed by atoms with E-state index in [2.05, 4.69) is 31.3 Å². The number of nitrogens with zero attached hydrogens (tertiary/aromatic N) is 3. The van der Waals surface area contributed by atoms with Crippen molar-refractivity contribution in [3.8, 4) is 11.4 Å². The Bertz CT molecular complexity index is 1150. The first-order chi connectivity index (χ1) is 14.0. The van der Waals surface area contributed by atoms with Crippen molar-refractivity contribution in [3.63, 3.8) is 0 Å². The van der Waals surface area contributed by atoms with Crippen molar-refractivity contribution >= 4 is 34.4 Å². The lowest BCUT2D eigenvalue weighted by Crippen LogP contribution is -2.38. The van der Waals surface area contributed by atoms with Crippen LogP contribution in [0.1, 0.15) is 6.42 Å². The van der Waals surface area contributed by atoms with E-state index < -0.39 is 5.82 Å². The van der Waals surface area contributed by atoms with Crippen molar-refractivity contribution in [2.45, 2.75) is 12.5 Å². The molecular weight excluding hydrogens is 397 g/mol. The SMILES string of the molecule is COC(=O)[C@H]1C2C=CC(C2)[C@@H]1Nc1nc(-c2c[nH]c3ncc(Cl)cc23)ncc1F. The number of H-pyrrole nitrogens is 1. The molecule has 0 radical (unpaired) electrons. The molecule has 0 aromatic carbocycles. The van der Waals surface area contributed by atoms with Crippen molar-refractivity contribution in [2.24, 2.45) is 17.8 Å². The topological polar surface area (TPSA) is 92.8 Å². The van der Waals surface area contributed by atoms with Crippen LogP contribution < -0.4 is 5.32 Å². The predicted molar refractivity (Wildman–Crippen MR) is 106 cm³/mol. The number of esters is 1. The number of aromatic amines is 1. The van der Waals surface area contributed by atoms with Crippen molar-refractivity contribution in [1.82, 2.24) is 19.9 Å². The van der Waals surface area contributed by atoms with Gasteiger partial charge in [-0.1, -0.05) is 23.8 Å². The van der Waals surface area contributed by atoms with Gasteiger partial charge in [-0.2, -0.15) is 0 Å². The molecule has 2 unspecified atom stereocenters. The lowest BCUT2D eigenvalue weighted by atomic mass is 9.89. The lowest BCUT2D eigenvalue weighted by molar-refractivity contribution is -0.146. The van der Waals surface area contributed by atoms with Crippen LogP contribution in [0.2, 0.25) is 5.02 Å². The summed E-state index contributed by atoms with van der Waals surface area (Å²) in [5.41, 5.74) is 1.30. The van der Waals surface area contributed by atoms with E-state index in [0.29, 0.717) is 22.1 Å². The summed E-state index contributed by atoms with van der Waals surface area (Å²) < 4.78 is 19.5. The third-order valence-corrected chi connectivity index (χ3v) is 5.93. The van der Waals surface area contributed by atoms with Crippen LogP contribution >= 0.6 is 11.6 Å². The fourth-order valence-corrected chi connectivity index (χ4v) is 4.55. The van der Waals surface area contributed by atoms with Crippen LogP contribution in [-0.4, -0.2) is 39.1 Å². The number of carbonyl (C=O) groups is 1. The summed E-state index contributed by atoms with van der Waals surface area (Å²) in [5.74, 6) is -0.652. The molecule has 3 heterocycles. The molecule has 5 rings (SSSR count). The summed E-state index contributed by atoms with van der Waals surface area (Å²) >= 11 is 6.06. The second-order valence-corrected chi connectivity index (χ2v) is 7.75. The fourth-order valence-electron chi connectivity index (χ4n) is 4.40. The fraction of sp³-hybridized carbons (Fsp3) is 0.300. The summed E-state index contributed by atoms with van der Waals surface area (Å²) in [6.07, 6.45) is 9.31. The molecule has 0 amide bonds. The summed E-state index contributed by atoms with van der Waals surface area (Å²) in [7, 11) is 1.37. The van der Waals surface area contributed by atoms with Crippen molar-refractivity contribution < 1.29 is 13.9 Å². The number of rotatable bonds is 4. The monoisotopic (exact) mass is 413 g/mol. The maximum absolute atomic E-state index is 14.5. The van der Waals surface area contributed by atoms with Gasteiger partial charge in [0.15, 0.2) is 17.5 Å². The van der Waals surface area contributed by atoms with E-state index in [4.69, 9.17) is 16.3 Å². The molecule has 2 bridgehead atoms. The number of allylic oxidation sites excluding steroid dienone is 1. The summed E-state index contributed by atoms with van der Waals surface area (Å²) in [6.45, 7) is 0. The lowest BCUT2D eigenvalue weighted by Gasteiger charge is -2.27. The van der Waals surface area contributed by atoms with Gasteiger partial charge in [0.25, 0.3) is 0 Å². The minimum Gasteiger partial charge on any atom is -0.469 e. The molecular formula is C20H17ClFN5O2. The van der Waals surface area contributed by atoms with Crippen LogP contribution in [0, 0.1) is 23.6 Å². The quantitative estimate of drug-likeness (QED) is 0.501. The number of nitrogens with one attached hydrogen (secondary N) is 2. The van der Waals surface area contributed by atoms with Crippen molar-refractivity contribution in [3.05, 3.63) is 47.6 Å². The molecule has 2 aliphatic rings. The number of carbonyl (C=O) groups excluding carboxylic acids is 1. The Morgan fingerprint density at radius 3 is 2.97 bits per heavy atom. The van der Waals surface area contributed by atoms with Gasteiger partial charge in [0.05, 0.1) is 24.2 Å². The van der Waals surface area contributed by atoms with Gasteiger partial charge in [-0.15, -0.1) is 0 Å². The standard InChI is InChI=1S/C20H17ClFN5O2/c1-29-20(28)15-9-2-3-10(4-9)16(15)26-19-14(22)8-25-18(27-19)13-7-24-17-12(13)5-11(21)6-23-17/h2-3,5-10,15-16H,4H2,1H3,(H,23,24)(H,25,26,27)/t9?,10?,15-,16-/m0/s1. The average molecular weight is 414 g/mol. The minimum absolute atomic E-state index is 0.0548. The number of ether oxygens (including phenoxy) is 1. The van der Waals surface area contributed by atoms with Crippen LogP contribution in [0.5, 0.6) is 0 Å². The molecule has 29 heavy (non-hydrogen) atoms. The second-order valence-electron chi connectivity index (χ2n) is 7.31. The molecule has 0 spiro atoms. The van der Waals surface area contributed by atoms with Crippen LogP contribution in [0.3, 0.4) is 0 Å². The molecule has 2 N–H and O–H groups in total. The first kappa shape index (κ1) is 18.1. The van der Waals surface area contributed by atoms with E-state index in [0.717, 1.165) is 18.0 Å². The highest BCUT2D eigenvalue weighted by Crippen LogP contribution is 2.45. The number of anilines is 1. The number of fused-ring (bicyclic) bond motifs is 3. The van der Waals surface area contributed by atoms with E-state index >= 15 is 0 Å². The zero-order valence-electron chi connectivity index (χ0n) is 15.4. The van der Waals surface area contributed by atoms with Crippen LogP contribution in [0.15, 0.2) is 36.8 Å². The van der Waals surface area contributed by atoms with Crippen LogP contribution in [0.25, 0.3) is 22.4 Å². The van der Waals surface area contributed by atoms with Crippen molar-refractivity contribution in [2.75, 3.05) is 12.4 Å². The van der Waals surface area contributed by atoms with Crippen LogP contribution in [-0.2, 0) is 9.53 Å². The predicted octanol–water partition coefficient (Wildman–Crippen LogP) is 3.59. The van der Waals surface area contributed by atoms with E-state index in [9.17, 15) is 9.18 Å². The Morgan fingerprint density at radius 1 is 1.31 bits per heavy atom. The number of pyridine rings is 1. The van der Waals surface area contributed by atoms with Gasteiger partial charge in [0.1, 0.15) is 5.65 Å². The number of halogens is 2. The molecule has 0 aliphatic heterocycles. The molecule has 9 heteroatoms. The van der Waals surface area contributed by atoms with Gasteiger partial charge < -0.3 is 15.0 Å². The molecule has 148 valence electrons. The Labute approximate surface area is 170 Å². The van der Waals surface area contributed by atoms with E-state index in [1.54, 1.807) is 12.3 Å². The maximum atomic E-state index is 14.5. The van der Waals surface area contributed by atoms with Gasteiger partial charge in [-0.05, 0) is 24.3 Å². The van der Waals surface area contributed by atoms with E-state index in [1.807, 2.05) is 6.08 Å². The maximum Gasteiger partial charge on any atom is 0.311 e. The normalized spacial score (nSPS) is 24.9. The smallest absolute Gasteiger partial charge is 0.311 e. The largest absolute Gasteiger partial charge is 0.469 e. The molecule has 2 aliphatic carbocycles. The molecule has 3 aromatic heterocycles. The molecule has 7 nitrogen and oxygen atoms in total. The number of aromatic nitrogens is 4. The Kier molecular flexibility index (Phi) is 4.24. The summed E-state index contributed by atoms with van der Waals surface area (Å²) in [4.78, 5) is 28.1. The van der Waals surface area contributed by atoms with Gasteiger partial charge >= 0.3 is 5.97 Å². The van der Waals surface area contributed by atoms with E-state index in [1.165, 1.54) is 13.3 Å². The average Bonchev–Trinajstić information content (AvgIpc) is 3.43. The molecule has 0 saturated heterocycles. The third kappa shape index (κ3) is 2.95. The Hall–Kier alpha value is -3.00. The molecule has 3 aromatic rings. The van der Waals surface area contributed by atoms with Crippen LogP contribution in [0.4, 0.5) is 10.2 Å². The second kappa shape index (κ2) is 6.81. The highest BCUT2D eigenvalue weighted by atomic mass is 35.5. The Morgan fingerprint density at radius 2 is 2.14 bits per heavy atom. The summed E-state index contributed by atoms with van der Waals surface area (Å²) in [5, 5.41) is 4.36. The number of hydrogen-bond donors (Lipinski definition) is 2. The Balaban J connectivity index is 1.51. The first-order valence-corrected chi connectivity index (χ1v) is 9.61. The third-order valence-electron chi connectivity index (χ3n) is 5.72. The van der Waals surface area contributed by atoms with Gasteiger partial charge in [-0.25, -0.2) is 19.3 Å². The highest BCUT2D eigenvalue weighted by molar-refractivity contribution is 6.31. The van der Waals surface area contributed by atoms with Gasteiger partial charge in [-0.3, -0.25) is 4.79 Å². The number of hydrogen-bond acceptors (Lipinski definition) is 6. The van der Waals surface area contributed by atoms with Gasteiger partial charge in [0, 0.05) is 29.4 Å². The summed E-state index contributed by atoms with van der Waals surface area (Å²) in [6, 6.07) is 1.47. The van der Waals surface area contributed by atoms with Gasteiger partial charge in [0.2, 0.25) is 0 Å². The van der Waals surface area contributed by atoms with Crippen molar-refractivity contribution in [1.29, 1.82) is 0 Å². The molecule has 4 atom stereocenters. The van der Waals surface area contributed by atoms with E-state index in [-0.39, 0.29) is 35.6 Å². The zero-order valence-corrected chi connectivity index (χ0v) is 16.2. The molecule has 1 saturated carbocycles. The zero-order chi connectivity index (χ0) is 20.1. The highest BCUT2D eigenvalue weighted by Gasteiger charge is 2.49. The molecule has 1 fully saturated rings.